The molecule has 2 aromatic rings. The number of nitrogens with two attached hydrogens (primary N) is 1. The maximum atomic E-state index is 12.0. The molecule has 4 N–H and O–H groups in total. The van der Waals surface area contributed by atoms with Crippen LogP contribution in [-0.2, 0) is 12.8 Å². The zero-order valence-electron chi connectivity index (χ0n) is 11.0. The Balaban J connectivity index is 1.74. The molecule has 0 bridgehead atoms. The van der Waals surface area contributed by atoms with Gasteiger partial charge < -0.3 is 10.7 Å². The van der Waals surface area contributed by atoms with Gasteiger partial charge in [-0.3, -0.25) is 20.2 Å². The van der Waals surface area contributed by atoms with Crippen molar-refractivity contribution in [3.63, 3.8) is 0 Å². The number of aromatic amines is 1. The fourth-order valence-electron chi connectivity index (χ4n) is 2.24. The molecule has 9 heteroatoms. The molecule has 1 aliphatic carbocycles. The molecule has 0 saturated heterocycles. The molecule has 0 unspecified atom stereocenters. The van der Waals surface area contributed by atoms with E-state index in [9.17, 15) is 14.9 Å². The molecule has 8 nitrogen and oxygen atoms in total. The first-order valence-corrected chi connectivity index (χ1v) is 7.23. The zero-order valence-corrected chi connectivity index (χ0v) is 11.8. The van der Waals surface area contributed by atoms with Crippen LogP contribution in [0.5, 0.6) is 0 Å². The molecule has 1 amide bonds. The molecular formula is C12H13N5O3S. The number of carbonyl (C=O) groups is 1. The number of nitrogens with zero attached hydrogens (tertiary/aromatic N) is 2. The lowest BCUT2D eigenvalue weighted by molar-refractivity contribution is -0.384. The Hall–Kier alpha value is -2.26. The lowest BCUT2D eigenvalue weighted by atomic mass is 9.99. The Morgan fingerprint density at radius 2 is 2.43 bits per heavy atom. The summed E-state index contributed by atoms with van der Waals surface area (Å²) in [6.45, 7) is 0. The number of hydrogen-bond donors (Lipinski definition) is 3. The average molecular weight is 307 g/mol. The molecule has 2 aromatic heterocycles. The fourth-order valence-corrected chi connectivity index (χ4v) is 3.33. The first-order chi connectivity index (χ1) is 10.0. The van der Waals surface area contributed by atoms with E-state index in [0.717, 1.165) is 29.8 Å². The van der Waals surface area contributed by atoms with Crippen LogP contribution < -0.4 is 11.1 Å². The number of aromatic nitrogens is 2. The molecule has 0 spiro atoms. The van der Waals surface area contributed by atoms with Crippen molar-refractivity contribution in [1.82, 2.24) is 9.97 Å². The lowest BCUT2D eigenvalue weighted by Gasteiger charge is -2.15. The number of aryl methyl sites for hydroxylation is 1. The number of hydrogen-bond acceptors (Lipinski definition) is 6. The predicted octanol–water partition coefficient (Wildman–Crippen LogP) is 1.45. The second kappa shape index (κ2) is 5.26. The average Bonchev–Trinajstić information content (AvgIpc) is 3.03. The minimum Gasteiger partial charge on any atom is -0.351 e. The highest BCUT2D eigenvalue weighted by Gasteiger charge is 2.21. The van der Waals surface area contributed by atoms with E-state index in [-0.39, 0.29) is 17.4 Å². The molecule has 1 atom stereocenters. The van der Waals surface area contributed by atoms with E-state index in [2.05, 4.69) is 15.3 Å². The maximum Gasteiger partial charge on any atom is 0.287 e. The molecular weight excluding hydrogens is 294 g/mol. The summed E-state index contributed by atoms with van der Waals surface area (Å²) in [5.41, 5.74) is 6.87. The van der Waals surface area contributed by atoms with Gasteiger partial charge in [0, 0.05) is 17.0 Å². The van der Waals surface area contributed by atoms with Crippen LogP contribution in [0.4, 0.5) is 10.8 Å². The Morgan fingerprint density at radius 3 is 3.14 bits per heavy atom. The van der Waals surface area contributed by atoms with Gasteiger partial charge in [-0.15, -0.1) is 11.3 Å². The standard InChI is InChI=1S/C12H13N5O3S/c13-6-1-2-8-10(3-6)21-12(15-8)16-11(18)9-4-7(5-14-9)17(19)20/h4-6,14H,1-3,13H2,(H,15,16,18)/t6-/m0/s1. The normalized spacial score (nSPS) is 17.3. The lowest BCUT2D eigenvalue weighted by Crippen LogP contribution is -2.27. The van der Waals surface area contributed by atoms with E-state index in [1.807, 2.05) is 0 Å². The van der Waals surface area contributed by atoms with Gasteiger partial charge in [0.2, 0.25) is 0 Å². The van der Waals surface area contributed by atoms with Crippen molar-refractivity contribution in [2.75, 3.05) is 5.32 Å². The van der Waals surface area contributed by atoms with E-state index in [4.69, 9.17) is 5.73 Å². The van der Waals surface area contributed by atoms with Crippen LogP contribution >= 0.6 is 11.3 Å². The molecule has 1 aliphatic rings. The minimum absolute atomic E-state index is 0.131. The van der Waals surface area contributed by atoms with Crippen LogP contribution in [0, 0.1) is 10.1 Å². The summed E-state index contributed by atoms with van der Waals surface area (Å²) in [4.78, 5) is 30.1. The highest BCUT2D eigenvalue weighted by atomic mass is 32.1. The number of anilines is 1. The number of carbonyl (C=O) groups excluding carboxylic acids is 1. The molecule has 21 heavy (non-hydrogen) atoms. The van der Waals surface area contributed by atoms with Gasteiger partial charge in [0.05, 0.1) is 16.8 Å². The molecule has 3 rings (SSSR count). The van der Waals surface area contributed by atoms with Crippen LogP contribution in [0.25, 0.3) is 0 Å². The fraction of sp³-hybridized carbons (Fsp3) is 0.333. The summed E-state index contributed by atoms with van der Waals surface area (Å²) in [7, 11) is 0. The van der Waals surface area contributed by atoms with Gasteiger partial charge >= 0.3 is 0 Å². The molecule has 0 saturated carbocycles. The van der Waals surface area contributed by atoms with Crippen molar-refractivity contribution in [1.29, 1.82) is 0 Å². The summed E-state index contributed by atoms with van der Waals surface area (Å²) < 4.78 is 0. The van der Waals surface area contributed by atoms with E-state index in [0.29, 0.717) is 5.13 Å². The summed E-state index contributed by atoms with van der Waals surface area (Å²) >= 11 is 1.40. The molecule has 110 valence electrons. The SMILES string of the molecule is N[C@H]1CCc2nc(NC(=O)c3cc([N+](=O)[O-])c[nH]3)sc2C1. The summed E-state index contributed by atoms with van der Waals surface area (Å²) in [6, 6.07) is 1.34. The van der Waals surface area contributed by atoms with Crippen molar-refractivity contribution < 1.29 is 9.72 Å². The topological polar surface area (TPSA) is 127 Å². The van der Waals surface area contributed by atoms with Gasteiger partial charge in [0.25, 0.3) is 11.6 Å². The van der Waals surface area contributed by atoms with Crippen LogP contribution in [0.3, 0.4) is 0 Å². The Labute approximate surface area is 123 Å². The first-order valence-electron chi connectivity index (χ1n) is 6.41. The van der Waals surface area contributed by atoms with Gasteiger partial charge in [-0.2, -0.15) is 0 Å². The van der Waals surface area contributed by atoms with Crippen molar-refractivity contribution in [3.8, 4) is 0 Å². The van der Waals surface area contributed by atoms with Gasteiger partial charge in [-0.25, -0.2) is 4.98 Å². The number of thiazole rings is 1. The van der Waals surface area contributed by atoms with Crippen molar-refractivity contribution in [3.05, 3.63) is 38.6 Å². The predicted molar refractivity (Wildman–Crippen MR) is 77.5 cm³/mol. The van der Waals surface area contributed by atoms with Crippen LogP contribution in [0.15, 0.2) is 12.3 Å². The molecule has 2 heterocycles. The molecule has 0 fully saturated rings. The highest BCUT2D eigenvalue weighted by molar-refractivity contribution is 7.15. The van der Waals surface area contributed by atoms with E-state index in [1.54, 1.807) is 0 Å². The highest BCUT2D eigenvalue weighted by Crippen LogP contribution is 2.29. The van der Waals surface area contributed by atoms with Crippen LogP contribution in [-0.4, -0.2) is 26.8 Å². The van der Waals surface area contributed by atoms with Gasteiger partial charge in [-0.05, 0) is 19.3 Å². The van der Waals surface area contributed by atoms with Gasteiger partial charge in [0.15, 0.2) is 5.13 Å². The molecule has 0 aromatic carbocycles. The Kier molecular flexibility index (Phi) is 3.43. The van der Waals surface area contributed by atoms with Gasteiger partial charge in [0.1, 0.15) is 5.69 Å². The molecule has 0 radical (unpaired) electrons. The van der Waals surface area contributed by atoms with Crippen LogP contribution in [0.2, 0.25) is 0 Å². The van der Waals surface area contributed by atoms with Crippen molar-refractivity contribution in [2.45, 2.75) is 25.3 Å². The zero-order chi connectivity index (χ0) is 15.0. The summed E-state index contributed by atoms with van der Waals surface area (Å²) in [5.74, 6) is -0.446. The van der Waals surface area contributed by atoms with E-state index >= 15 is 0 Å². The number of amides is 1. The smallest absolute Gasteiger partial charge is 0.287 e. The maximum absolute atomic E-state index is 12.0. The monoisotopic (exact) mass is 307 g/mol. The van der Waals surface area contributed by atoms with Crippen LogP contribution in [0.1, 0.15) is 27.5 Å². The number of nitro groups is 1. The number of rotatable bonds is 3. The summed E-state index contributed by atoms with van der Waals surface area (Å²) in [6.07, 6.45) is 3.67. The third-order valence-corrected chi connectivity index (χ3v) is 4.36. The largest absolute Gasteiger partial charge is 0.351 e. The quantitative estimate of drug-likeness (QED) is 0.584. The van der Waals surface area contributed by atoms with Crippen molar-refractivity contribution >= 4 is 28.1 Å². The Morgan fingerprint density at radius 1 is 1.62 bits per heavy atom. The second-order valence-corrected chi connectivity index (χ2v) is 5.96. The summed E-state index contributed by atoms with van der Waals surface area (Å²) in [5, 5.41) is 13.7. The number of H-pyrrole nitrogens is 1. The Bertz CT molecular complexity index is 708. The third-order valence-electron chi connectivity index (χ3n) is 3.32. The third kappa shape index (κ3) is 2.78. The van der Waals surface area contributed by atoms with Gasteiger partial charge in [-0.1, -0.05) is 0 Å². The van der Waals surface area contributed by atoms with E-state index in [1.165, 1.54) is 23.6 Å². The van der Waals surface area contributed by atoms with E-state index < -0.39 is 10.8 Å². The number of fused-ring (bicyclic) bond motifs is 1. The first kappa shape index (κ1) is 13.7. The number of nitrogens with one attached hydrogen (secondary N) is 2. The second-order valence-electron chi connectivity index (χ2n) is 4.87. The minimum atomic E-state index is -0.559. The van der Waals surface area contributed by atoms with Crippen molar-refractivity contribution in [2.24, 2.45) is 5.73 Å². The molecule has 0 aliphatic heterocycles.